The summed E-state index contributed by atoms with van der Waals surface area (Å²) in [6, 6.07) is 8.07. The number of nitrogens with zero attached hydrogens (tertiary/aromatic N) is 1. The molecule has 0 spiro atoms. The van der Waals surface area contributed by atoms with E-state index in [1.165, 1.54) is 16.8 Å². The van der Waals surface area contributed by atoms with Crippen LogP contribution in [0.25, 0.3) is 0 Å². The van der Waals surface area contributed by atoms with E-state index in [-0.39, 0.29) is 24.3 Å². The van der Waals surface area contributed by atoms with Crippen LogP contribution in [0.2, 0.25) is 0 Å². The molecule has 0 heterocycles. The molecule has 2 aromatic rings. The Kier molecular flexibility index (Phi) is 10.6. The van der Waals surface area contributed by atoms with Crippen LogP contribution in [-0.4, -0.2) is 65.0 Å². The van der Waals surface area contributed by atoms with E-state index in [4.69, 9.17) is 9.47 Å². The number of hydrogen-bond donors (Lipinski definition) is 1. The highest BCUT2D eigenvalue weighted by atomic mass is 79.9. The lowest BCUT2D eigenvalue weighted by Gasteiger charge is -2.39. The van der Waals surface area contributed by atoms with Crippen molar-refractivity contribution in [2.45, 2.75) is 77.7 Å². The molecule has 2 aromatic carbocycles. The molecule has 2 fully saturated rings. The fourth-order valence-corrected chi connectivity index (χ4v) is 6.57. The third-order valence-corrected chi connectivity index (χ3v) is 11.6. The average Bonchev–Trinajstić information content (AvgIpc) is 2.75. The van der Waals surface area contributed by atoms with Crippen molar-refractivity contribution < 1.29 is 26.3 Å². The topological polar surface area (TPSA) is 102 Å². The summed E-state index contributed by atoms with van der Waals surface area (Å²) < 4.78 is 63.0. The molecule has 0 atom stereocenters. The molecule has 218 valence electrons. The van der Waals surface area contributed by atoms with Crippen molar-refractivity contribution in [3.05, 3.63) is 55.5 Å². The average molecular weight is 711 g/mol. The smallest absolute Gasteiger partial charge is 0.211 e. The minimum Gasteiger partial charge on any atom is -0.490 e. The van der Waals surface area contributed by atoms with E-state index < -0.39 is 20.0 Å². The van der Waals surface area contributed by atoms with Gasteiger partial charge in [0.2, 0.25) is 20.0 Å². The third-order valence-electron chi connectivity index (χ3n) is 7.01. The first-order chi connectivity index (χ1) is 17.9. The van der Waals surface area contributed by atoms with Crippen LogP contribution in [0.3, 0.4) is 0 Å². The van der Waals surface area contributed by atoms with E-state index in [0.29, 0.717) is 0 Å². The number of ether oxygens (including phenoxy) is 2. The van der Waals surface area contributed by atoms with Crippen LogP contribution in [0, 0.1) is 27.7 Å². The second-order valence-electron chi connectivity index (χ2n) is 10.7. The Morgan fingerprint density at radius 2 is 1.10 bits per heavy atom. The van der Waals surface area contributed by atoms with E-state index in [2.05, 4.69) is 36.6 Å². The van der Waals surface area contributed by atoms with Crippen molar-refractivity contribution in [2.24, 2.45) is 0 Å². The quantitative estimate of drug-likeness (QED) is 0.395. The van der Waals surface area contributed by atoms with Crippen LogP contribution >= 0.6 is 31.9 Å². The molecule has 39 heavy (non-hydrogen) atoms. The van der Waals surface area contributed by atoms with Crippen LogP contribution < -0.4 is 14.2 Å². The van der Waals surface area contributed by atoms with Gasteiger partial charge in [-0.15, -0.1) is 0 Å². The summed E-state index contributed by atoms with van der Waals surface area (Å²) in [5.74, 6) is 1.70. The van der Waals surface area contributed by atoms with Crippen molar-refractivity contribution in [1.29, 1.82) is 0 Å². The van der Waals surface area contributed by atoms with Gasteiger partial charge in [-0.25, -0.2) is 25.9 Å². The number of sulfonamides is 2. The Labute approximate surface area is 250 Å². The largest absolute Gasteiger partial charge is 0.490 e. The molecule has 8 nitrogen and oxygen atoms in total. The molecule has 0 aliphatic heterocycles. The number of halogens is 2. The monoisotopic (exact) mass is 708 g/mol. The number of benzene rings is 2. The molecule has 2 aliphatic rings. The first-order valence-electron chi connectivity index (χ1n) is 12.7. The normalized spacial score (nSPS) is 22.8. The molecule has 0 amide bonds. The van der Waals surface area contributed by atoms with E-state index in [9.17, 15) is 16.8 Å². The van der Waals surface area contributed by atoms with Crippen LogP contribution in [0.5, 0.6) is 11.5 Å². The Hall–Kier alpha value is -1.18. The van der Waals surface area contributed by atoms with Gasteiger partial charge in [-0.2, -0.15) is 0 Å². The summed E-state index contributed by atoms with van der Waals surface area (Å²) >= 11 is 7.05. The molecule has 0 saturated heterocycles. The second-order valence-corrected chi connectivity index (χ2v) is 16.1. The third kappa shape index (κ3) is 9.16. The summed E-state index contributed by atoms with van der Waals surface area (Å²) in [6.45, 7) is 8.12. The van der Waals surface area contributed by atoms with Gasteiger partial charge in [0, 0.05) is 53.8 Å². The van der Waals surface area contributed by atoms with Crippen LogP contribution in [0.15, 0.2) is 33.2 Å². The zero-order chi connectivity index (χ0) is 29.3. The van der Waals surface area contributed by atoms with Crippen molar-refractivity contribution in [3.8, 4) is 11.5 Å². The zero-order valence-corrected chi connectivity index (χ0v) is 28.2. The van der Waals surface area contributed by atoms with E-state index in [1.807, 2.05) is 52.0 Å². The lowest BCUT2D eigenvalue weighted by Crippen LogP contribution is -2.49. The fraction of sp³-hybridized carbons (Fsp3) is 0.556. The Bertz CT molecular complexity index is 1360. The molecule has 12 heteroatoms. The van der Waals surface area contributed by atoms with E-state index in [1.54, 1.807) is 7.05 Å². The van der Waals surface area contributed by atoms with Gasteiger partial charge in [0.15, 0.2) is 0 Å². The molecule has 0 aromatic heterocycles. The van der Waals surface area contributed by atoms with Crippen molar-refractivity contribution in [3.63, 3.8) is 0 Å². The van der Waals surface area contributed by atoms with Gasteiger partial charge >= 0.3 is 0 Å². The molecule has 0 bridgehead atoms. The van der Waals surface area contributed by atoms with Crippen molar-refractivity contribution in [1.82, 2.24) is 9.03 Å². The maximum Gasteiger partial charge on any atom is 0.211 e. The van der Waals surface area contributed by atoms with Gasteiger partial charge in [0.05, 0.1) is 12.5 Å². The summed E-state index contributed by atoms with van der Waals surface area (Å²) in [5, 5.41) is 0. The van der Waals surface area contributed by atoms with Crippen LogP contribution in [-0.2, 0) is 20.0 Å². The molecule has 4 rings (SSSR count). The number of aryl methyl sites for hydroxylation is 4. The zero-order valence-electron chi connectivity index (χ0n) is 23.4. The lowest BCUT2D eigenvalue weighted by molar-refractivity contribution is 0.0599. The van der Waals surface area contributed by atoms with E-state index in [0.717, 1.165) is 68.4 Å². The maximum atomic E-state index is 11.4. The molecule has 1 N–H and O–H groups in total. The molecular formula is C27H38Br2N2O6S2. The first-order valence-corrected chi connectivity index (χ1v) is 18.0. The van der Waals surface area contributed by atoms with Gasteiger partial charge in [-0.05, 0) is 74.2 Å². The highest BCUT2D eigenvalue weighted by Gasteiger charge is 2.37. The van der Waals surface area contributed by atoms with Crippen molar-refractivity contribution in [2.75, 3.05) is 19.6 Å². The Morgan fingerprint density at radius 1 is 0.744 bits per heavy atom. The number of nitrogens with one attached hydrogen (secondary N) is 1. The lowest BCUT2D eigenvalue weighted by atomic mass is 9.89. The number of hydrogen-bond acceptors (Lipinski definition) is 6. The maximum absolute atomic E-state index is 11.4. The molecule has 2 aliphatic carbocycles. The van der Waals surface area contributed by atoms with Gasteiger partial charge in [-0.1, -0.05) is 31.9 Å². The standard InChI is InChI=1S/C14H20BrNO3S.C13H18BrNO3S/c1-9-5-12(6-10(2)14(9)15)19-13-7-11(8-13)16(3)20(4,17)18;1-8-4-11(5-9(2)13(8)14)18-12-6-10(7-12)15-19(3,16)17/h5-6,11,13H,7-8H2,1-4H3;4-5,10,12,15H,6-7H2,1-3H3. The molecule has 2 saturated carbocycles. The SMILES string of the molecule is Cc1cc(OC2CC(N(C)S(C)(=O)=O)C2)cc(C)c1Br.Cc1cc(OC2CC(NS(C)(=O)=O)C2)cc(C)c1Br. The molecule has 0 unspecified atom stereocenters. The number of rotatable bonds is 8. The van der Waals surface area contributed by atoms with Gasteiger partial charge < -0.3 is 9.47 Å². The second kappa shape index (κ2) is 12.8. The minimum atomic E-state index is -3.11. The van der Waals surface area contributed by atoms with Crippen LogP contribution in [0.4, 0.5) is 0 Å². The predicted octanol–water partition coefficient (Wildman–Crippen LogP) is 5.39. The highest BCUT2D eigenvalue weighted by molar-refractivity contribution is 9.10. The Morgan fingerprint density at radius 3 is 1.44 bits per heavy atom. The summed E-state index contributed by atoms with van der Waals surface area (Å²) in [6.07, 6.45) is 5.56. The van der Waals surface area contributed by atoms with Crippen molar-refractivity contribution >= 4 is 51.9 Å². The molecular weight excluding hydrogens is 672 g/mol. The Balaban J connectivity index is 0.000000216. The minimum absolute atomic E-state index is 0.0117. The van der Waals surface area contributed by atoms with Gasteiger partial charge in [0.1, 0.15) is 23.7 Å². The highest BCUT2D eigenvalue weighted by Crippen LogP contribution is 2.33. The summed E-state index contributed by atoms with van der Waals surface area (Å²) in [5.41, 5.74) is 4.56. The molecule has 0 radical (unpaired) electrons. The summed E-state index contributed by atoms with van der Waals surface area (Å²) in [7, 11) is -4.59. The first kappa shape index (κ1) is 32.3. The fourth-order valence-electron chi connectivity index (χ4n) is 4.60. The summed E-state index contributed by atoms with van der Waals surface area (Å²) in [4.78, 5) is 0. The predicted molar refractivity (Wildman–Crippen MR) is 163 cm³/mol. The van der Waals surface area contributed by atoms with E-state index >= 15 is 0 Å². The van der Waals surface area contributed by atoms with Crippen LogP contribution in [0.1, 0.15) is 47.9 Å². The van der Waals surface area contributed by atoms with Gasteiger partial charge in [-0.3, -0.25) is 0 Å². The van der Waals surface area contributed by atoms with Gasteiger partial charge in [0.25, 0.3) is 0 Å².